The Morgan fingerprint density at radius 2 is 1.46 bits per heavy atom. The highest BCUT2D eigenvalue weighted by Gasteiger charge is 2.47. The van der Waals surface area contributed by atoms with Crippen molar-refractivity contribution in [3.8, 4) is 0 Å². The fraction of sp³-hybridized carbons (Fsp3) is 0.450. The summed E-state index contributed by atoms with van der Waals surface area (Å²) in [7, 11) is -3.54. The molecule has 1 aliphatic carbocycles. The predicted octanol–water partition coefficient (Wildman–Crippen LogP) is 1.60. The van der Waals surface area contributed by atoms with Crippen LogP contribution in [-0.4, -0.2) is 54.9 Å². The average molecular weight is 402 g/mol. The maximum Gasteiger partial charge on any atom is 0.243 e. The molecule has 4 rings (SSSR count). The highest BCUT2D eigenvalue weighted by atomic mass is 32.2. The maximum atomic E-state index is 12.6. The van der Waals surface area contributed by atoms with Gasteiger partial charge in [-0.05, 0) is 49.9 Å². The lowest BCUT2D eigenvalue weighted by Gasteiger charge is -2.16. The van der Waals surface area contributed by atoms with Gasteiger partial charge in [0.25, 0.3) is 0 Å². The molecule has 2 amide bonds. The zero-order valence-corrected chi connectivity index (χ0v) is 16.2. The first-order chi connectivity index (χ1) is 13.4. The molecule has 0 aromatic heterocycles. The van der Waals surface area contributed by atoms with Crippen molar-refractivity contribution in [3.63, 3.8) is 0 Å². The van der Waals surface area contributed by atoms with Crippen LogP contribution in [0.4, 0.5) is 0 Å². The third kappa shape index (κ3) is 3.20. The average Bonchev–Trinajstić information content (AvgIpc) is 3.33. The van der Waals surface area contributed by atoms with Gasteiger partial charge >= 0.3 is 0 Å². The van der Waals surface area contributed by atoms with Crippen molar-refractivity contribution in [3.05, 3.63) is 42.0 Å². The summed E-state index contributed by atoms with van der Waals surface area (Å²) in [5.74, 6) is -1.68. The number of amides is 2. The molecule has 0 unspecified atom stereocenters. The van der Waals surface area contributed by atoms with Crippen LogP contribution in [0, 0.1) is 11.8 Å². The predicted molar refractivity (Wildman–Crippen MR) is 101 cm³/mol. The van der Waals surface area contributed by atoms with Gasteiger partial charge in [-0.1, -0.05) is 12.2 Å². The number of carbonyl (C=O) groups is 3. The minimum Gasteiger partial charge on any atom is -0.292 e. The van der Waals surface area contributed by atoms with Gasteiger partial charge in [0.05, 0.1) is 23.3 Å². The van der Waals surface area contributed by atoms with E-state index in [0.717, 1.165) is 17.7 Å². The molecule has 1 aromatic carbocycles. The number of rotatable bonds is 5. The number of hydrogen-bond donors (Lipinski definition) is 0. The summed E-state index contributed by atoms with van der Waals surface area (Å²) in [6, 6.07) is 5.73. The quantitative estimate of drug-likeness (QED) is 0.424. The van der Waals surface area contributed by atoms with Gasteiger partial charge in [-0.25, -0.2) is 8.42 Å². The van der Waals surface area contributed by atoms with E-state index in [1.807, 2.05) is 12.2 Å². The van der Waals surface area contributed by atoms with E-state index in [1.165, 1.54) is 28.6 Å². The molecule has 2 aliphatic heterocycles. The summed E-state index contributed by atoms with van der Waals surface area (Å²) in [5.41, 5.74) is 0.286. The number of hydrogen-bond acceptors (Lipinski definition) is 5. The number of carbonyl (C=O) groups excluding carboxylic acids is 3. The molecule has 0 radical (unpaired) electrons. The Hall–Kier alpha value is -2.32. The van der Waals surface area contributed by atoms with E-state index < -0.39 is 10.0 Å². The van der Waals surface area contributed by atoms with Crippen molar-refractivity contribution in [2.24, 2.45) is 11.8 Å². The van der Waals surface area contributed by atoms with Crippen molar-refractivity contribution in [2.75, 3.05) is 19.6 Å². The fourth-order valence-corrected chi connectivity index (χ4v) is 5.67. The second-order valence-corrected chi connectivity index (χ2v) is 9.42. The topological polar surface area (TPSA) is 91.8 Å². The van der Waals surface area contributed by atoms with Gasteiger partial charge in [-0.15, -0.1) is 0 Å². The molecule has 0 spiro atoms. The van der Waals surface area contributed by atoms with E-state index in [9.17, 15) is 22.8 Å². The summed E-state index contributed by atoms with van der Waals surface area (Å²) >= 11 is 0. The first kappa shape index (κ1) is 19.0. The molecule has 3 aliphatic rings. The van der Waals surface area contributed by atoms with Gasteiger partial charge in [0.2, 0.25) is 21.8 Å². The second kappa shape index (κ2) is 7.25. The zero-order chi connectivity index (χ0) is 19.9. The number of likely N-dealkylation sites (tertiary alicyclic amines) is 1. The van der Waals surface area contributed by atoms with E-state index in [-0.39, 0.29) is 46.4 Å². The van der Waals surface area contributed by atoms with E-state index in [0.29, 0.717) is 25.9 Å². The highest BCUT2D eigenvalue weighted by molar-refractivity contribution is 7.89. The van der Waals surface area contributed by atoms with Crippen LogP contribution >= 0.6 is 0 Å². The molecule has 8 heteroatoms. The van der Waals surface area contributed by atoms with E-state index in [2.05, 4.69) is 0 Å². The first-order valence-electron chi connectivity index (χ1n) is 9.53. The van der Waals surface area contributed by atoms with E-state index in [1.54, 1.807) is 0 Å². The molecule has 0 bridgehead atoms. The van der Waals surface area contributed by atoms with Crippen LogP contribution in [0.2, 0.25) is 0 Å². The van der Waals surface area contributed by atoms with Gasteiger partial charge in [0.1, 0.15) is 0 Å². The molecule has 1 aromatic rings. The number of fused-ring (bicyclic) bond motifs is 1. The van der Waals surface area contributed by atoms with Crippen LogP contribution in [0.5, 0.6) is 0 Å². The second-order valence-electron chi connectivity index (χ2n) is 7.48. The fourth-order valence-electron chi connectivity index (χ4n) is 4.15. The summed E-state index contributed by atoms with van der Waals surface area (Å²) in [6.07, 6.45) is 6.57. The highest BCUT2D eigenvalue weighted by Crippen LogP contribution is 2.35. The number of allylic oxidation sites excluding steroid dienone is 2. The SMILES string of the molecule is O=C(CN1C(=O)[C@@H]2CC=CC[C@H]2C1=O)c1ccc(S(=O)(=O)N2CCCC2)cc1. The summed E-state index contributed by atoms with van der Waals surface area (Å²) in [4.78, 5) is 38.8. The third-order valence-corrected chi connectivity index (χ3v) is 7.69. The molecule has 0 saturated carbocycles. The lowest BCUT2D eigenvalue weighted by molar-refractivity contribution is -0.139. The van der Waals surface area contributed by atoms with E-state index in [4.69, 9.17) is 0 Å². The van der Waals surface area contributed by atoms with E-state index >= 15 is 0 Å². The Kier molecular flexibility index (Phi) is 4.93. The lowest BCUT2D eigenvalue weighted by Crippen LogP contribution is -2.36. The minimum atomic E-state index is -3.54. The summed E-state index contributed by atoms with van der Waals surface area (Å²) in [6.45, 7) is 0.724. The van der Waals surface area contributed by atoms with Crippen molar-refractivity contribution < 1.29 is 22.8 Å². The Balaban J connectivity index is 1.47. The Morgan fingerprint density at radius 1 is 0.929 bits per heavy atom. The molecule has 2 fully saturated rings. The minimum absolute atomic E-state index is 0.149. The molecule has 2 heterocycles. The van der Waals surface area contributed by atoms with Gasteiger partial charge in [0.15, 0.2) is 5.78 Å². The molecule has 2 saturated heterocycles. The molecule has 2 atom stereocenters. The molecule has 28 heavy (non-hydrogen) atoms. The third-order valence-electron chi connectivity index (χ3n) is 5.78. The van der Waals surface area contributed by atoms with Crippen LogP contribution in [-0.2, 0) is 19.6 Å². The molecule has 7 nitrogen and oxygen atoms in total. The number of sulfonamides is 1. The molecular formula is C20H22N2O5S. The lowest BCUT2D eigenvalue weighted by atomic mass is 9.85. The monoisotopic (exact) mass is 402 g/mol. The van der Waals surface area contributed by atoms with Crippen molar-refractivity contribution in [1.29, 1.82) is 0 Å². The van der Waals surface area contributed by atoms with Crippen molar-refractivity contribution in [2.45, 2.75) is 30.6 Å². The maximum absolute atomic E-state index is 12.6. The van der Waals surface area contributed by atoms with Crippen molar-refractivity contribution in [1.82, 2.24) is 9.21 Å². The van der Waals surface area contributed by atoms with Gasteiger partial charge in [0, 0.05) is 18.7 Å². The van der Waals surface area contributed by atoms with Crippen molar-refractivity contribution >= 4 is 27.6 Å². The normalized spacial score (nSPS) is 25.4. The number of ketones is 1. The number of benzene rings is 1. The van der Waals surface area contributed by atoms with Crippen LogP contribution in [0.3, 0.4) is 0 Å². The van der Waals surface area contributed by atoms with Gasteiger partial charge in [-0.2, -0.15) is 4.31 Å². The van der Waals surface area contributed by atoms with Crippen LogP contribution in [0.1, 0.15) is 36.0 Å². The Morgan fingerprint density at radius 3 is 2.00 bits per heavy atom. The smallest absolute Gasteiger partial charge is 0.243 e. The molecule has 0 N–H and O–H groups in total. The standard InChI is InChI=1S/C20H22N2O5S/c23-18(13-22-19(24)16-5-1-2-6-17(16)20(22)25)14-7-9-15(10-8-14)28(26,27)21-11-3-4-12-21/h1-2,7-10,16-17H,3-6,11-13H2/t16-,17-/m1/s1. The Labute approximate surface area is 164 Å². The van der Waals surface area contributed by atoms with Crippen LogP contribution in [0.25, 0.3) is 0 Å². The van der Waals surface area contributed by atoms with Crippen LogP contribution in [0.15, 0.2) is 41.3 Å². The number of Topliss-reactive ketones (excluding diaryl/α,β-unsaturated/α-hetero) is 1. The van der Waals surface area contributed by atoms with Crippen LogP contribution < -0.4 is 0 Å². The largest absolute Gasteiger partial charge is 0.292 e. The summed E-state index contributed by atoms with van der Waals surface area (Å²) < 4.78 is 26.6. The number of nitrogens with zero attached hydrogens (tertiary/aromatic N) is 2. The molecular weight excluding hydrogens is 380 g/mol. The first-order valence-corrected chi connectivity index (χ1v) is 11.0. The van der Waals surface area contributed by atoms with Gasteiger partial charge in [-0.3, -0.25) is 19.3 Å². The summed E-state index contributed by atoms with van der Waals surface area (Å²) in [5, 5.41) is 0. The van der Waals surface area contributed by atoms with Gasteiger partial charge < -0.3 is 0 Å². The number of imide groups is 1. The zero-order valence-electron chi connectivity index (χ0n) is 15.4. The molecule has 148 valence electrons. The Bertz CT molecular complexity index is 919.